The largest absolute Gasteiger partial charge is 0.480 e. The van der Waals surface area contributed by atoms with Crippen LogP contribution in [0.4, 0.5) is 4.79 Å². The van der Waals surface area contributed by atoms with Crippen LogP contribution in [0.25, 0.3) is 0 Å². The average molecular weight is 283 g/mol. The quantitative estimate of drug-likeness (QED) is 0.711. The Morgan fingerprint density at radius 3 is 2.45 bits per heavy atom. The minimum absolute atomic E-state index is 0.174. The van der Waals surface area contributed by atoms with Crippen LogP contribution < -0.4 is 10.6 Å². The Kier molecular flexibility index (Phi) is 5.48. The summed E-state index contributed by atoms with van der Waals surface area (Å²) in [5.74, 6) is -0.274. The van der Waals surface area contributed by atoms with Crippen molar-refractivity contribution in [2.45, 2.75) is 39.3 Å². The third kappa shape index (κ3) is 4.52. The Morgan fingerprint density at radius 2 is 2.00 bits per heavy atom. The first-order chi connectivity index (χ1) is 9.31. The van der Waals surface area contributed by atoms with Crippen LogP contribution in [-0.4, -0.2) is 37.9 Å². The van der Waals surface area contributed by atoms with Crippen molar-refractivity contribution in [3.63, 3.8) is 0 Å². The lowest BCUT2D eigenvalue weighted by Gasteiger charge is -2.19. The zero-order chi connectivity index (χ0) is 15.3. The topological polar surface area (TPSA) is 109 Å². The lowest BCUT2D eigenvalue weighted by Crippen LogP contribution is -2.47. The van der Waals surface area contributed by atoms with Crippen LogP contribution in [0, 0.1) is 5.92 Å². The highest BCUT2D eigenvalue weighted by molar-refractivity contribution is 5.82. The van der Waals surface area contributed by atoms with Gasteiger partial charge in [0.15, 0.2) is 5.82 Å². The van der Waals surface area contributed by atoms with Crippen LogP contribution in [0.1, 0.15) is 39.1 Å². The highest BCUT2D eigenvalue weighted by Crippen LogP contribution is 2.08. The molecule has 8 nitrogen and oxygen atoms in total. The van der Waals surface area contributed by atoms with Crippen molar-refractivity contribution in [1.29, 1.82) is 0 Å². The molecule has 0 aliphatic rings. The zero-order valence-corrected chi connectivity index (χ0v) is 12.1. The van der Waals surface area contributed by atoms with Gasteiger partial charge in [0.1, 0.15) is 12.4 Å². The van der Waals surface area contributed by atoms with Crippen LogP contribution in [0.3, 0.4) is 0 Å². The van der Waals surface area contributed by atoms with E-state index in [9.17, 15) is 9.59 Å². The van der Waals surface area contributed by atoms with Gasteiger partial charge in [-0.1, -0.05) is 13.8 Å². The second-order valence-corrected chi connectivity index (χ2v) is 5.16. The Labute approximate surface area is 117 Å². The van der Waals surface area contributed by atoms with Gasteiger partial charge in [-0.25, -0.2) is 9.59 Å². The molecule has 0 fully saturated rings. The summed E-state index contributed by atoms with van der Waals surface area (Å²) in [7, 11) is 1.77. The number of hydrogen-bond acceptors (Lipinski definition) is 4. The molecule has 0 aliphatic carbocycles. The van der Waals surface area contributed by atoms with Gasteiger partial charge in [-0.15, -0.1) is 10.2 Å². The van der Waals surface area contributed by atoms with Crippen LogP contribution in [-0.2, 0) is 11.8 Å². The van der Waals surface area contributed by atoms with E-state index in [1.165, 1.54) is 6.33 Å². The van der Waals surface area contributed by atoms with Crippen molar-refractivity contribution in [2.24, 2.45) is 13.0 Å². The molecule has 2 amide bonds. The summed E-state index contributed by atoms with van der Waals surface area (Å²) in [6.45, 7) is 5.55. The van der Waals surface area contributed by atoms with E-state index in [4.69, 9.17) is 5.11 Å². The van der Waals surface area contributed by atoms with Gasteiger partial charge < -0.3 is 20.3 Å². The normalized spacial score (nSPS) is 13.8. The van der Waals surface area contributed by atoms with Gasteiger partial charge >= 0.3 is 12.0 Å². The summed E-state index contributed by atoms with van der Waals surface area (Å²) in [6, 6.07) is -1.80. The average Bonchev–Trinajstić information content (AvgIpc) is 2.73. The third-order valence-corrected chi connectivity index (χ3v) is 2.79. The van der Waals surface area contributed by atoms with Crippen molar-refractivity contribution < 1.29 is 14.7 Å². The number of rotatable bonds is 6. The number of aliphatic carboxylic acids is 1. The molecule has 20 heavy (non-hydrogen) atoms. The predicted molar refractivity (Wildman–Crippen MR) is 72.0 cm³/mol. The molecule has 0 saturated carbocycles. The Morgan fingerprint density at radius 1 is 1.35 bits per heavy atom. The first-order valence-electron chi connectivity index (χ1n) is 6.45. The SMILES string of the molecule is CC(C)C[C@@H](NC(=O)NC(C)c1nncn1C)C(=O)O. The lowest BCUT2D eigenvalue weighted by atomic mass is 10.0. The highest BCUT2D eigenvalue weighted by atomic mass is 16.4. The monoisotopic (exact) mass is 283 g/mol. The van der Waals surface area contributed by atoms with Gasteiger partial charge in [-0.05, 0) is 19.3 Å². The molecule has 1 aromatic heterocycles. The van der Waals surface area contributed by atoms with Crippen molar-refractivity contribution in [3.05, 3.63) is 12.2 Å². The van der Waals surface area contributed by atoms with Gasteiger partial charge in [0.25, 0.3) is 0 Å². The number of carbonyl (C=O) groups excluding carboxylic acids is 1. The van der Waals surface area contributed by atoms with Gasteiger partial charge in [-0.3, -0.25) is 0 Å². The molecular formula is C12H21N5O3. The third-order valence-electron chi connectivity index (χ3n) is 2.79. The number of nitrogens with one attached hydrogen (secondary N) is 2. The number of aryl methyl sites for hydroxylation is 1. The summed E-state index contributed by atoms with van der Waals surface area (Å²) >= 11 is 0. The molecule has 1 unspecified atom stereocenters. The molecule has 1 rings (SSSR count). The summed E-state index contributed by atoms with van der Waals surface area (Å²) in [5.41, 5.74) is 0. The fourth-order valence-corrected chi connectivity index (χ4v) is 1.84. The van der Waals surface area contributed by atoms with E-state index < -0.39 is 18.0 Å². The predicted octanol–water partition coefficient (Wildman–Crippen LogP) is 0.675. The molecule has 112 valence electrons. The number of carboxylic acid groups (broad SMARTS) is 1. The maximum Gasteiger partial charge on any atom is 0.326 e. The molecule has 1 aromatic rings. The molecule has 3 N–H and O–H groups in total. The number of carboxylic acids is 1. The standard InChI is InChI=1S/C12H21N5O3/c1-7(2)5-9(11(18)19)15-12(20)14-8(3)10-16-13-6-17(10)4/h6-9H,5H2,1-4H3,(H,18,19)(H2,14,15,20)/t8?,9-/m1/s1. The Balaban J connectivity index is 2.57. The van der Waals surface area contributed by atoms with E-state index in [0.29, 0.717) is 12.2 Å². The van der Waals surface area contributed by atoms with E-state index in [1.54, 1.807) is 18.5 Å². The van der Waals surface area contributed by atoms with Gasteiger partial charge in [-0.2, -0.15) is 0 Å². The maximum absolute atomic E-state index is 11.8. The number of amides is 2. The minimum atomic E-state index is -1.04. The summed E-state index contributed by atoms with van der Waals surface area (Å²) in [6.07, 6.45) is 1.91. The van der Waals surface area contributed by atoms with Crippen LogP contribution in [0.15, 0.2) is 6.33 Å². The molecule has 0 aromatic carbocycles. The van der Waals surface area contributed by atoms with Crippen LogP contribution >= 0.6 is 0 Å². The number of nitrogens with zero attached hydrogens (tertiary/aromatic N) is 3. The van der Waals surface area contributed by atoms with E-state index in [0.717, 1.165) is 0 Å². The second kappa shape index (κ2) is 6.88. The Hall–Kier alpha value is -2.12. The van der Waals surface area contributed by atoms with Crippen molar-refractivity contribution in [1.82, 2.24) is 25.4 Å². The summed E-state index contributed by atoms with van der Waals surface area (Å²) in [5, 5.41) is 21.8. The van der Waals surface area contributed by atoms with Crippen molar-refractivity contribution >= 4 is 12.0 Å². The zero-order valence-electron chi connectivity index (χ0n) is 12.1. The first-order valence-corrected chi connectivity index (χ1v) is 6.45. The van der Waals surface area contributed by atoms with E-state index >= 15 is 0 Å². The summed E-state index contributed by atoms with van der Waals surface area (Å²) < 4.78 is 1.69. The smallest absolute Gasteiger partial charge is 0.326 e. The molecular weight excluding hydrogens is 262 g/mol. The van der Waals surface area contributed by atoms with Crippen molar-refractivity contribution in [3.8, 4) is 0 Å². The molecule has 8 heteroatoms. The number of carbonyl (C=O) groups is 2. The molecule has 0 radical (unpaired) electrons. The van der Waals surface area contributed by atoms with E-state index in [-0.39, 0.29) is 12.0 Å². The van der Waals surface area contributed by atoms with E-state index in [2.05, 4.69) is 20.8 Å². The molecule has 0 spiro atoms. The van der Waals surface area contributed by atoms with Crippen molar-refractivity contribution in [2.75, 3.05) is 0 Å². The number of aromatic nitrogens is 3. The molecule has 0 saturated heterocycles. The second-order valence-electron chi connectivity index (χ2n) is 5.16. The molecule has 0 bridgehead atoms. The Bertz CT molecular complexity index is 471. The fraction of sp³-hybridized carbons (Fsp3) is 0.667. The lowest BCUT2D eigenvalue weighted by molar-refractivity contribution is -0.139. The van der Waals surface area contributed by atoms with Gasteiger partial charge in [0.2, 0.25) is 0 Å². The van der Waals surface area contributed by atoms with Crippen LogP contribution in [0.5, 0.6) is 0 Å². The summed E-state index contributed by atoms with van der Waals surface area (Å²) in [4.78, 5) is 22.9. The molecule has 0 aliphatic heterocycles. The number of hydrogen-bond donors (Lipinski definition) is 3. The fourth-order valence-electron chi connectivity index (χ4n) is 1.84. The first kappa shape index (κ1) is 15.9. The van der Waals surface area contributed by atoms with E-state index in [1.807, 2.05) is 13.8 Å². The molecule has 1 heterocycles. The highest BCUT2D eigenvalue weighted by Gasteiger charge is 2.22. The van der Waals surface area contributed by atoms with Gasteiger partial charge in [0, 0.05) is 7.05 Å². The van der Waals surface area contributed by atoms with Gasteiger partial charge in [0.05, 0.1) is 6.04 Å². The maximum atomic E-state index is 11.8. The molecule has 2 atom stereocenters. The van der Waals surface area contributed by atoms with Crippen LogP contribution in [0.2, 0.25) is 0 Å². The number of urea groups is 1. The minimum Gasteiger partial charge on any atom is -0.480 e.